The number of aromatic nitrogens is 2. The second kappa shape index (κ2) is 8.99. The van der Waals surface area contributed by atoms with Gasteiger partial charge in [0.1, 0.15) is 5.82 Å². The number of aromatic amines is 1. The maximum absolute atomic E-state index is 12.5. The minimum Gasteiger partial charge on any atom is -0.346 e. The van der Waals surface area contributed by atoms with Crippen molar-refractivity contribution in [2.75, 3.05) is 21.7 Å². The monoisotopic (exact) mass is 457 g/mol. The zero-order chi connectivity index (χ0) is 22.8. The number of aryl methyl sites for hydroxylation is 1. The number of benzene rings is 2. The lowest BCUT2D eigenvalue weighted by Crippen LogP contribution is -2.11. The predicted molar refractivity (Wildman–Crippen MR) is 133 cm³/mol. The van der Waals surface area contributed by atoms with E-state index in [1.54, 1.807) is 18.0 Å². The molecule has 8 heteroatoms. The Morgan fingerprint density at radius 1 is 1.15 bits per heavy atom. The summed E-state index contributed by atoms with van der Waals surface area (Å²) in [6.07, 6.45) is 5.35. The summed E-state index contributed by atoms with van der Waals surface area (Å²) in [5.41, 5.74) is 6.12. The summed E-state index contributed by atoms with van der Waals surface area (Å²) in [7, 11) is 0. The molecule has 0 spiro atoms. The van der Waals surface area contributed by atoms with Gasteiger partial charge < -0.3 is 16.0 Å². The predicted octanol–water partition coefficient (Wildman–Crippen LogP) is 4.67. The van der Waals surface area contributed by atoms with Crippen molar-refractivity contribution in [3.05, 3.63) is 88.1 Å². The largest absolute Gasteiger partial charge is 0.346 e. The number of hydrogen-bond donors (Lipinski definition) is 4. The topological polar surface area (TPSA) is 98.9 Å². The number of nitrogens with zero attached hydrogens (tertiary/aromatic N) is 1. The molecule has 166 valence electrons. The van der Waals surface area contributed by atoms with Crippen LogP contribution in [0.2, 0.25) is 0 Å². The Kier molecular flexibility index (Phi) is 5.75. The van der Waals surface area contributed by atoms with Crippen LogP contribution in [0.3, 0.4) is 0 Å². The molecule has 2 aliphatic rings. The van der Waals surface area contributed by atoms with Crippen molar-refractivity contribution in [1.29, 1.82) is 0 Å². The first-order valence-electron chi connectivity index (χ1n) is 10.7. The zero-order valence-electron chi connectivity index (χ0n) is 18.1. The number of anilines is 3. The molecule has 2 aliphatic heterocycles. The van der Waals surface area contributed by atoms with Crippen LogP contribution in [0.15, 0.2) is 65.7 Å². The molecule has 2 aromatic carbocycles. The van der Waals surface area contributed by atoms with Gasteiger partial charge in [-0.2, -0.15) is 5.10 Å². The van der Waals surface area contributed by atoms with E-state index in [4.69, 9.17) is 0 Å². The van der Waals surface area contributed by atoms with Crippen molar-refractivity contribution in [3.8, 4) is 0 Å². The average molecular weight is 458 g/mol. The minimum atomic E-state index is -0.137. The molecule has 7 nitrogen and oxygen atoms in total. The summed E-state index contributed by atoms with van der Waals surface area (Å²) in [6, 6.07) is 15.7. The quantitative estimate of drug-likeness (QED) is 0.403. The molecule has 0 bridgehead atoms. The third-order valence-electron chi connectivity index (χ3n) is 5.49. The summed E-state index contributed by atoms with van der Waals surface area (Å²) in [5.74, 6) is 1.52. The number of amides is 2. The van der Waals surface area contributed by atoms with Crippen LogP contribution in [0.4, 0.5) is 17.2 Å². The van der Waals surface area contributed by atoms with E-state index in [0.717, 1.165) is 63.1 Å². The van der Waals surface area contributed by atoms with E-state index in [1.807, 2.05) is 61.5 Å². The summed E-state index contributed by atoms with van der Waals surface area (Å²) >= 11 is 1.59. The lowest BCUT2D eigenvalue weighted by molar-refractivity contribution is -0.112. The van der Waals surface area contributed by atoms with Crippen molar-refractivity contribution in [2.45, 2.75) is 19.8 Å². The Hall–Kier alpha value is -3.78. The average Bonchev–Trinajstić information content (AvgIpc) is 3.54. The van der Waals surface area contributed by atoms with Crippen molar-refractivity contribution >= 4 is 46.3 Å². The fraction of sp³-hybridized carbons (Fsp3) is 0.160. The molecule has 1 aromatic heterocycles. The fourth-order valence-electron chi connectivity index (χ4n) is 3.84. The van der Waals surface area contributed by atoms with E-state index >= 15 is 0 Å². The van der Waals surface area contributed by atoms with Crippen molar-refractivity contribution < 1.29 is 9.59 Å². The molecule has 0 aliphatic carbocycles. The smallest absolute Gasteiger partial charge is 0.261 e. The number of allylic oxidation sites excluding steroid dienone is 1. The maximum Gasteiger partial charge on any atom is 0.261 e. The molecule has 0 unspecified atom stereocenters. The van der Waals surface area contributed by atoms with Crippen LogP contribution in [0.1, 0.15) is 28.8 Å². The second-order valence-electron chi connectivity index (χ2n) is 7.99. The molecule has 5 rings (SSSR count). The molecule has 2 amide bonds. The lowest BCUT2D eigenvalue weighted by atomic mass is 9.99. The Labute approximate surface area is 195 Å². The lowest BCUT2D eigenvalue weighted by Gasteiger charge is -2.08. The molecule has 0 atom stereocenters. The van der Waals surface area contributed by atoms with Gasteiger partial charge in [-0.15, -0.1) is 11.8 Å². The van der Waals surface area contributed by atoms with Crippen LogP contribution in [0.25, 0.3) is 5.57 Å². The van der Waals surface area contributed by atoms with Crippen LogP contribution < -0.4 is 16.0 Å². The van der Waals surface area contributed by atoms with Crippen LogP contribution in [0, 0.1) is 6.92 Å². The third kappa shape index (κ3) is 4.70. The summed E-state index contributed by atoms with van der Waals surface area (Å²) < 4.78 is 0. The van der Waals surface area contributed by atoms with Crippen molar-refractivity contribution in [2.24, 2.45) is 0 Å². The highest BCUT2D eigenvalue weighted by molar-refractivity contribution is 8.04. The van der Waals surface area contributed by atoms with E-state index in [2.05, 4.69) is 26.1 Å². The highest BCUT2D eigenvalue weighted by atomic mass is 32.2. The highest BCUT2D eigenvalue weighted by Crippen LogP contribution is 2.33. The highest BCUT2D eigenvalue weighted by Gasteiger charge is 2.24. The number of thioether (sulfide) groups is 1. The number of carbonyl (C=O) groups is 2. The maximum atomic E-state index is 12.5. The summed E-state index contributed by atoms with van der Waals surface area (Å²) in [6.45, 7) is 1.89. The Bertz CT molecular complexity index is 1290. The molecular formula is C25H23N5O2S. The van der Waals surface area contributed by atoms with Crippen LogP contribution in [-0.2, 0) is 16.0 Å². The molecule has 0 saturated carbocycles. The molecule has 0 radical (unpaired) electrons. The van der Waals surface area contributed by atoms with E-state index < -0.39 is 0 Å². The Balaban J connectivity index is 1.28. The number of rotatable bonds is 6. The van der Waals surface area contributed by atoms with Gasteiger partial charge in [0.2, 0.25) is 0 Å². The molecule has 0 saturated heterocycles. The van der Waals surface area contributed by atoms with Gasteiger partial charge in [0.25, 0.3) is 11.8 Å². The summed E-state index contributed by atoms with van der Waals surface area (Å²) in [4.78, 5) is 25.5. The second-order valence-corrected chi connectivity index (χ2v) is 9.13. The first-order chi connectivity index (χ1) is 16.0. The van der Waals surface area contributed by atoms with Crippen molar-refractivity contribution in [1.82, 2.24) is 10.2 Å². The van der Waals surface area contributed by atoms with Gasteiger partial charge >= 0.3 is 0 Å². The standard InChI is InChI=1S/C25H23N5O2S/c1-15-11-23(30-29-15)26-14-20-19-13-17(6-9-21(19)28-24(20)31)12-16-4-7-18(8-5-16)27-25(32)22-3-2-10-33-22/h3-9,11,13-14H,2,10,12H2,1H3,(H,27,32)(H,28,31)(H2,26,29,30)/b20-14-. The number of hydrogen-bond acceptors (Lipinski definition) is 5. The van der Waals surface area contributed by atoms with Gasteiger partial charge in [0.05, 0.1) is 16.2 Å². The Morgan fingerprint density at radius 3 is 2.70 bits per heavy atom. The van der Waals surface area contributed by atoms with E-state index in [0.29, 0.717) is 5.57 Å². The molecule has 4 N–H and O–H groups in total. The van der Waals surface area contributed by atoms with Gasteiger partial charge in [-0.3, -0.25) is 14.7 Å². The van der Waals surface area contributed by atoms with Crippen LogP contribution in [0.5, 0.6) is 0 Å². The van der Waals surface area contributed by atoms with Crippen LogP contribution >= 0.6 is 11.8 Å². The number of fused-ring (bicyclic) bond motifs is 1. The first-order valence-corrected chi connectivity index (χ1v) is 11.7. The van der Waals surface area contributed by atoms with E-state index in [9.17, 15) is 9.59 Å². The SMILES string of the molecule is Cc1cc(N/C=C2\C(=O)Nc3ccc(Cc4ccc(NC(=O)C5=CCCS5)cc4)cc32)[nH]n1. The number of carbonyl (C=O) groups excluding carboxylic acids is 2. The molecule has 0 fully saturated rings. The van der Waals surface area contributed by atoms with Gasteiger partial charge in [-0.05, 0) is 55.2 Å². The van der Waals surface area contributed by atoms with E-state index in [-0.39, 0.29) is 11.8 Å². The van der Waals surface area contributed by atoms with E-state index in [1.165, 1.54) is 0 Å². The molecule has 3 aromatic rings. The zero-order valence-corrected chi connectivity index (χ0v) is 18.9. The normalized spacial score (nSPS) is 15.8. The van der Waals surface area contributed by atoms with Crippen molar-refractivity contribution in [3.63, 3.8) is 0 Å². The third-order valence-corrected chi connectivity index (χ3v) is 6.60. The number of H-pyrrole nitrogens is 1. The minimum absolute atomic E-state index is 0.0424. The fourth-order valence-corrected chi connectivity index (χ4v) is 4.72. The summed E-state index contributed by atoms with van der Waals surface area (Å²) in [5, 5.41) is 15.9. The van der Waals surface area contributed by atoms with Gasteiger partial charge in [0, 0.05) is 35.0 Å². The molecule has 33 heavy (non-hydrogen) atoms. The molecular weight excluding hydrogens is 434 g/mol. The first kappa shape index (κ1) is 21.1. The number of nitrogens with one attached hydrogen (secondary N) is 4. The van der Waals surface area contributed by atoms with Gasteiger partial charge in [0.15, 0.2) is 0 Å². The van der Waals surface area contributed by atoms with Gasteiger partial charge in [-0.25, -0.2) is 0 Å². The molecule has 3 heterocycles. The van der Waals surface area contributed by atoms with Crippen LogP contribution in [-0.4, -0.2) is 27.8 Å². The van der Waals surface area contributed by atoms with Gasteiger partial charge in [-0.1, -0.05) is 24.3 Å². The Morgan fingerprint density at radius 2 is 1.97 bits per heavy atom.